The molecule has 0 radical (unpaired) electrons. The summed E-state index contributed by atoms with van der Waals surface area (Å²) < 4.78 is 8.71. The second kappa shape index (κ2) is 10.8. The van der Waals surface area contributed by atoms with Gasteiger partial charge in [0.25, 0.3) is 5.01 Å². The van der Waals surface area contributed by atoms with E-state index in [9.17, 15) is 4.79 Å². The predicted octanol–water partition coefficient (Wildman–Crippen LogP) is 5.87. The largest absolute Gasteiger partial charge is 0.461 e. The third kappa shape index (κ3) is 5.77. The molecule has 0 N–H and O–H groups in total. The highest BCUT2D eigenvalue weighted by atomic mass is 32.1. The van der Waals surface area contributed by atoms with Gasteiger partial charge in [0, 0.05) is 12.1 Å². The van der Waals surface area contributed by atoms with Crippen LogP contribution in [0.2, 0.25) is 0 Å². The van der Waals surface area contributed by atoms with E-state index >= 15 is 0 Å². The topological polar surface area (TPSA) is 30.2 Å². The fraction of sp³-hybridized carbons (Fsp3) is 0.333. The molecule has 0 saturated heterocycles. The minimum atomic E-state index is -0.168. The maximum Gasteiger partial charge on any atom is 0.372 e. The zero-order chi connectivity index (χ0) is 19.6. The van der Waals surface area contributed by atoms with Crippen molar-refractivity contribution in [2.24, 2.45) is 0 Å². The molecule has 0 aliphatic rings. The molecular formula is C24H28NO2S+. The predicted molar refractivity (Wildman–Crippen MR) is 117 cm³/mol. The summed E-state index contributed by atoms with van der Waals surface area (Å²) in [6.45, 7) is 2.96. The molecule has 3 rings (SSSR count). The molecule has 2 aromatic carbocycles. The Balaban J connectivity index is 1.69. The van der Waals surface area contributed by atoms with Gasteiger partial charge in [0.15, 0.2) is 0 Å². The Morgan fingerprint density at radius 2 is 1.71 bits per heavy atom. The van der Waals surface area contributed by atoms with Crippen LogP contribution in [0.25, 0.3) is 22.4 Å². The zero-order valence-corrected chi connectivity index (χ0v) is 17.3. The number of fused-ring (bicyclic) bond motifs is 1. The minimum Gasteiger partial charge on any atom is -0.461 e. The van der Waals surface area contributed by atoms with Gasteiger partial charge in [0.2, 0.25) is 12.1 Å². The molecule has 3 nitrogen and oxygen atoms in total. The van der Waals surface area contributed by atoms with Crippen LogP contribution in [-0.4, -0.2) is 12.6 Å². The van der Waals surface area contributed by atoms with Crippen molar-refractivity contribution in [1.29, 1.82) is 0 Å². The third-order valence-electron chi connectivity index (χ3n) is 4.65. The van der Waals surface area contributed by atoms with Crippen LogP contribution in [-0.2, 0) is 16.1 Å². The molecule has 0 aliphatic heterocycles. The molecule has 0 fully saturated rings. The highest BCUT2D eigenvalue weighted by Gasteiger charge is 2.22. The van der Waals surface area contributed by atoms with E-state index < -0.39 is 0 Å². The quantitative estimate of drug-likeness (QED) is 0.244. The van der Waals surface area contributed by atoms with Gasteiger partial charge in [0.05, 0.1) is 6.61 Å². The third-order valence-corrected chi connectivity index (χ3v) is 5.78. The first-order valence-corrected chi connectivity index (χ1v) is 10.9. The van der Waals surface area contributed by atoms with Gasteiger partial charge < -0.3 is 4.74 Å². The van der Waals surface area contributed by atoms with Gasteiger partial charge in [-0.3, -0.25) is 0 Å². The molecule has 0 aliphatic carbocycles. The number of aromatic nitrogens is 1. The molecule has 0 unspecified atom stereocenters. The Kier molecular flexibility index (Phi) is 7.80. The SMILES string of the molecule is CCCCCCCOC(=O)C[n+]1c(C=Cc2ccccc2)sc2ccccc21. The van der Waals surface area contributed by atoms with Crippen LogP contribution in [0.15, 0.2) is 54.6 Å². The number of carbonyl (C=O) groups is 1. The van der Waals surface area contributed by atoms with Gasteiger partial charge in [-0.05, 0) is 24.1 Å². The van der Waals surface area contributed by atoms with Crippen molar-refractivity contribution in [2.45, 2.75) is 45.6 Å². The van der Waals surface area contributed by atoms with E-state index in [-0.39, 0.29) is 12.5 Å². The smallest absolute Gasteiger partial charge is 0.372 e. The Bertz CT molecular complexity index is 915. The molecule has 1 aromatic heterocycles. The molecule has 0 spiro atoms. The highest BCUT2D eigenvalue weighted by Crippen LogP contribution is 2.22. The number of nitrogens with zero attached hydrogens (tertiary/aromatic N) is 1. The average Bonchev–Trinajstić information content (AvgIpc) is 3.07. The van der Waals surface area contributed by atoms with Crippen LogP contribution in [0.3, 0.4) is 0 Å². The summed E-state index contributed by atoms with van der Waals surface area (Å²) in [7, 11) is 0. The van der Waals surface area contributed by atoms with Crippen LogP contribution in [0.4, 0.5) is 0 Å². The van der Waals surface area contributed by atoms with Crippen LogP contribution in [0, 0.1) is 0 Å². The molecule has 3 aromatic rings. The summed E-state index contributed by atoms with van der Waals surface area (Å²) in [5.74, 6) is -0.168. The number of hydrogen-bond donors (Lipinski definition) is 0. The van der Waals surface area contributed by atoms with Gasteiger partial charge in [0.1, 0.15) is 4.70 Å². The first-order valence-electron chi connectivity index (χ1n) is 10.1. The van der Waals surface area contributed by atoms with E-state index in [2.05, 4.69) is 47.9 Å². The Labute approximate surface area is 171 Å². The summed E-state index contributed by atoms with van der Waals surface area (Å²) in [5, 5.41) is 1.05. The van der Waals surface area contributed by atoms with Crippen LogP contribution in [0.5, 0.6) is 0 Å². The number of carbonyl (C=O) groups excluding carboxylic acids is 1. The number of hydrogen-bond acceptors (Lipinski definition) is 3. The van der Waals surface area contributed by atoms with E-state index in [1.54, 1.807) is 11.3 Å². The standard InChI is InChI=1S/C24H28NO2S/c1-2-3-4-5-11-18-27-24(26)19-25-21-14-9-10-15-22(21)28-23(25)17-16-20-12-7-6-8-13-20/h6-10,12-17H,2-5,11,18-19H2,1H3/q+1. The second-order valence-electron chi connectivity index (χ2n) is 6.87. The summed E-state index contributed by atoms with van der Waals surface area (Å²) in [6.07, 6.45) is 9.93. The molecule has 28 heavy (non-hydrogen) atoms. The first kappa shape index (κ1) is 20.3. The number of para-hydroxylation sites is 1. The highest BCUT2D eigenvalue weighted by molar-refractivity contribution is 7.18. The molecule has 0 atom stereocenters. The molecule has 0 bridgehead atoms. The van der Waals surface area contributed by atoms with E-state index in [1.807, 2.05) is 30.3 Å². The lowest BCUT2D eigenvalue weighted by Crippen LogP contribution is -2.40. The lowest BCUT2D eigenvalue weighted by atomic mass is 10.2. The van der Waals surface area contributed by atoms with Crippen molar-refractivity contribution in [1.82, 2.24) is 0 Å². The minimum absolute atomic E-state index is 0.168. The van der Waals surface area contributed by atoms with Crippen molar-refractivity contribution >= 4 is 39.7 Å². The Morgan fingerprint density at radius 3 is 2.54 bits per heavy atom. The Hall–Kier alpha value is -2.46. The van der Waals surface area contributed by atoms with Crippen LogP contribution < -0.4 is 4.57 Å². The van der Waals surface area contributed by atoms with Crippen molar-refractivity contribution < 1.29 is 14.1 Å². The number of thiazole rings is 1. The number of ether oxygens (including phenoxy) is 1. The van der Waals surface area contributed by atoms with Crippen LogP contribution in [0.1, 0.15) is 49.6 Å². The molecule has 0 amide bonds. The summed E-state index contributed by atoms with van der Waals surface area (Å²) in [5.41, 5.74) is 2.21. The van der Waals surface area contributed by atoms with Crippen molar-refractivity contribution in [3.05, 3.63) is 65.2 Å². The number of unbranched alkanes of at least 4 members (excludes halogenated alkanes) is 4. The molecule has 0 saturated carbocycles. The summed E-state index contributed by atoms with van der Waals surface area (Å²) in [4.78, 5) is 12.4. The maximum absolute atomic E-state index is 12.4. The molecule has 4 heteroatoms. The fourth-order valence-electron chi connectivity index (χ4n) is 3.14. The molecule has 146 valence electrons. The van der Waals surface area contributed by atoms with Crippen LogP contribution >= 0.6 is 11.3 Å². The van der Waals surface area contributed by atoms with E-state index in [0.29, 0.717) is 6.61 Å². The fourth-order valence-corrected chi connectivity index (χ4v) is 4.20. The van der Waals surface area contributed by atoms with Gasteiger partial charge >= 0.3 is 5.97 Å². The Morgan fingerprint density at radius 1 is 0.964 bits per heavy atom. The lowest BCUT2D eigenvalue weighted by Gasteiger charge is -2.03. The van der Waals surface area contributed by atoms with Gasteiger partial charge in [-0.25, -0.2) is 4.79 Å². The lowest BCUT2D eigenvalue weighted by molar-refractivity contribution is -0.657. The molecular weight excluding hydrogens is 366 g/mol. The van der Waals surface area contributed by atoms with E-state index in [0.717, 1.165) is 28.9 Å². The van der Waals surface area contributed by atoms with Crippen molar-refractivity contribution in [3.63, 3.8) is 0 Å². The molecule has 1 heterocycles. The number of rotatable bonds is 10. The number of benzene rings is 2. The van der Waals surface area contributed by atoms with Gasteiger partial charge in [-0.1, -0.05) is 86.4 Å². The van der Waals surface area contributed by atoms with Gasteiger partial charge in [-0.15, -0.1) is 0 Å². The zero-order valence-electron chi connectivity index (χ0n) is 16.5. The van der Waals surface area contributed by atoms with Crippen molar-refractivity contribution in [2.75, 3.05) is 6.61 Å². The normalized spacial score (nSPS) is 11.3. The van der Waals surface area contributed by atoms with Gasteiger partial charge in [-0.2, -0.15) is 4.57 Å². The second-order valence-corrected chi connectivity index (χ2v) is 7.94. The van der Waals surface area contributed by atoms with Crippen molar-refractivity contribution in [3.8, 4) is 0 Å². The monoisotopic (exact) mass is 394 g/mol. The average molecular weight is 395 g/mol. The van der Waals surface area contributed by atoms with E-state index in [1.165, 1.54) is 24.0 Å². The summed E-state index contributed by atoms with van der Waals surface area (Å²) >= 11 is 1.69. The van der Waals surface area contributed by atoms with E-state index in [4.69, 9.17) is 4.74 Å². The first-order chi connectivity index (χ1) is 13.8. The summed E-state index contributed by atoms with van der Waals surface area (Å²) in [6, 6.07) is 18.4. The number of esters is 1. The maximum atomic E-state index is 12.4.